The number of carbonyl (C=O) groups is 2. The molecule has 0 bridgehead atoms. The number of furan rings is 1. The number of carbonyl (C=O) groups excluding carboxylic acids is 2. The topological polar surface area (TPSA) is 80.6 Å². The van der Waals surface area contributed by atoms with E-state index in [0.717, 1.165) is 0 Å². The third-order valence-corrected chi connectivity index (χ3v) is 3.41. The Balaban J connectivity index is 1.59. The van der Waals surface area contributed by atoms with E-state index in [4.69, 9.17) is 20.8 Å². The first-order valence-electron chi connectivity index (χ1n) is 6.68. The van der Waals surface area contributed by atoms with Crippen LogP contribution in [0.3, 0.4) is 0 Å². The molecular weight excluding hydrogens is 308 g/mol. The first-order chi connectivity index (χ1) is 10.6. The van der Waals surface area contributed by atoms with E-state index in [1.807, 2.05) is 0 Å². The van der Waals surface area contributed by atoms with Crippen molar-refractivity contribution in [1.82, 2.24) is 5.32 Å². The van der Waals surface area contributed by atoms with Gasteiger partial charge in [0.15, 0.2) is 6.10 Å². The lowest BCUT2D eigenvalue weighted by Gasteiger charge is -2.25. The fourth-order valence-electron chi connectivity index (χ4n) is 2.10. The molecule has 1 atom stereocenters. The normalized spacial score (nSPS) is 16.4. The molecule has 0 aliphatic carbocycles. The van der Waals surface area contributed by atoms with Gasteiger partial charge in [-0.05, 0) is 30.3 Å². The zero-order valence-electron chi connectivity index (χ0n) is 11.5. The van der Waals surface area contributed by atoms with Gasteiger partial charge in [-0.15, -0.1) is 0 Å². The predicted octanol–water partition coefficient (Wildman–Crippen LogP) is 2.34. The fourth-order valence-corrected chi connectivity index (χ4v) is 2.27. The molecule has 3 rings (SSSR count). The Hall–Kier alpha value is -2.47. The summed E-state index contributed by atoms with van der Waals surface area (Å²) in [5.41, 5.74) is 0.504. The second-order valence-corrected chi connectivity index (χ2v) is 5.23. The summed E-state index contributed by atoms with van der Waals surface area (Å²) in [6.45, 7) is 0.270. The van der Waals surface area contributed by atoms with Gasteiger partial charge in [-0.2, -0.15) is 0 Å². The summed E-state index contributed by atoms with van der Waals surface area (Å²) in [4.78, 5) is 23.8. The van der Waals surface area contributed by atoms with Crippen LogP contribution in [0.1, 0.15) is 12.2 Å². The van der Waals surface area contributed by atoms with Crippen molar-refractivity contribution >= 4 is 29.1 Å². The molecule has 1 aliphatic heterocycles. The molecule has 1 unspecified atom stereocenters. The second kappa shape index (κ2) is 6.11. The van der Waals surface area contributed by atoms with E-state index in [0.29, 0.717) is 22.2 Å². The molecule has 7 heteroatoms. The average Bonchev–Trinajstić information content (AvgIpc) is 2.99. The van der Waals surface area contributed by atoms with E-state index in [-0.39, 0.29) is 24.8 Å². The van der Waals surface area contributed by atoms with Crippen molar-refractivity contribution in [2.24, 2.45) is 0 Å². The van der Waals surface area contributed by atoms with Crippen molar-refractivity contribution in [1.29, 1.82) is 0 Å². The number of hydrogen-bond acceptors (Lipinski definition) is 4. The van der Waals surface area contributed by atoms with E-state index in [2.05, 4.69) is 10.6 Å². The molecule has 0 saturated carbocycles. The van der Waals surface area contributed by atoms with Crippen molar-refractivity contribution < 1.29 is 18.7 Å². The van der Waals surface area contributed by atoms with Gasteiger partial charge in [0, 0.05) is 5.02 Å². The van der Waals surface area contributed by atoms with Crippen LogP contribution in [-0.2, 0) is 16.1 Å². The van der Waals surface area contributed by atoms with Crippen LogP contribution < -0.4 is 15.4 Å². The first-order valence-corrected chi connectivity index (χ1v) is 7.06. The van der Waals surface area contributed by atoms with E-state index in [9.17, 15) is 9.59 Å². The van der Waals surface area contributed by atoms with E-state index >= 15 is 0 Å². The van der Waals surface area contributed by atoms with E-state index in [1.54, 1.807) is 30.3 Å². The van der Waals surface area contributed by atoms with Gasteiger partial charge in [0.1, 0.15) is 11.5 Å². The van der Waals surface area contributed by atoms with Crippen molar-refractivity contribution in [3.63, 3.8) is 0 Å². The van der Waals surface area contributed by atoms with Crippen molar-refractivity contribution in [3.05, 3.63) is 47.4 Å². The number of halogens is 1. The van der Waals surface area contributed by atoms with Gasteiger partial charge >= 0.3 is 0 Å². The number of ether oxygens (including phenoxy) is 1. The highest BCUT2D eigenvalue weighted by atomic mass is 35.5. The maximum Gasteiger partial charge on any atom is 0.266 e. The Morgan fingerprint density at radius 2 is 2.23 bits per heavy atom. The number of nitrogens with one attached hydrogen (secondary N) is 2. The minimum Gasteiger partial charge on any atom is -0.478 e. The fraction of sp³-hybridized carbons (Fsp3) is 0.200. The summed E-state index contributed by atoms with van der Waals surface area (Å²) in [5.74, 6) is 0.465. The van der Waals surface area contributed by atoms with Crippen LogP contribution in [-0.4, -0.2) is 17.9 Å². The SMILES string of the molecule is O=C(CC1Oc2ccc(Cl)cc2NC1=O)NCc1ccco1. The molecule has 0 fully saturated rings. The van der Waals surface area contributed by atoms with Gasteiger partial charge in [-0.25, -0.2) is 0 Å². The molecule has 1 aromatic carbocycles. The second-order valence-electron chi connectivity index (χ2n) is 4.80. The van der Waals surface area contributed by atoms with Crippen molar-refractivity contribution in [2.75, 3.05) is 5.32 Å². The molecule has 1 aromatic heterocycles. The third kappa shape index (κ3) is 3.23. The van der Waals surface area contributed by atoms with Crippen LogP contribution >= 0.6 is 11.6 Å². The molecule has 6 nitrogen and oxygen atoms in total. The van der Waals surface area contributed by atoms with E-state index < -0.39 is 6.10 Å². The third-order valence-electron chi connectivity index (χ3n) is 3.17. The summed E-state index contributed by atoms with van der Waals surface area (Å²) in [6.07, 6.45) is 0.584. The zero-order valence-corrected chi connectivity index (χ0v) is 12.2. The highest BCUT2D eigenvalue weighted by Gasteiger charge is 2.29. The molecule has 2 N–H and O–H groups in total. The highest BCUT2D eigenvalue weighted by Crippen LogP contribution is 2.32. The number of amides is 2. The smallest absolute Gasteiger partial charge is 0.266 e. The molecule has 22 heavy (non-hydrogen) atoms. The number of anilines is 1. The molecule has 114 valence electrons. The number of fused-ring (bicyclic) bond motifs is 1. The van der Waals surface area contributed by atoms with Crippen LogP contribution in [0.15, 0.2) is 41.0 Å². The van der Waals surface area contributed by atoms with Gasteiger partial charge in [-0.1, -0.05) is 11.6 Å². The van der Waals surface area contributed by atoms with Crippen LogP contribution in [0, 0.1) is 0 Å². The minimum atomic E-state index is -0.870. The Kier molecular flexibility index (Phi) is 4.02. The zero-order chi connectivity index (χ0) is 15.5. The quantitative estimate of drug-likeness (QED) is 0.906. The van der Waals surface area contributed by atoms with Gasteiger partial charge in [0.25, 0.3) is 5.91 Å². The van der Waals surface area contributed by atoms with Crippen molar-refractivity contribution in [3.8, 4) is 5.75 Å². The molecule has 2 heterocycles. The number of benzene rings is 1. The lowest BCUT2D eigenvalue weighted by Crippen LogP contribution is -2.40. The van der Waals surface area contributed by atoms with Crippen LogP contribution in [0.5, 0.6) is 5.75 Å². The Morgan fingerprint density at radius 1 is 1.36 bits per heavy atom. The highest BCUT2D eigenvalue weighted by molar-refractivity contribution is 6.31. The molecule has 1 aliphatic rings. The molecule has 2 amide bonds. The molecule has 0 saturated heterocycles. The summed E-state index contributed by atoms with van der Waals surface area (Å²) in [5, 5.41) is 5.85. The van der Waals surface area contributed by atoms with Crippen molar-refractivity contribution in [2.45, 2.75) is 19.1 Å². The summed E-state index contributed by atoms with van der Waals surface area (Å²) in [6, 6.07) is 8.41. The first kappa shape index (κ1) is 14.5. The maximum absolute atomic E-state index is 12.0. The molecular formula is C15H13ClN2O4. The number of hydrogen-bond donors (Lipinski definition) is 2. The largest absolute Gasteiger partial charge is 0.478 e. The average molecular weight is 321 g/mol. The lowest BCUT2D eigenvalue weighted by atomic mass is 10.1. The van der Waals surface area contributed by atoms with Gasteiger partial charge < -0.3 is 19.8 Å². The Morgan fingerprint density at radius 3 is 3.00 bits per heavy atom. The number of rotatable bonds is 4. The summed E-state index contributed by atoms with van der Waals surface area (Å²) >= 11 is 5.86. The Labute approximate surface area is 131 Å². The van der Waals surface area contributed by atoms with Gasteiger partial charge in [0.05, 0.1) is 24.9 Å². The predicted molar refractivity (Wildman–Crippen MR) is 79.7 cm³/mol. The van der Waals surface area contributed by atoms with Gasteiger partial charge in [-0.3, -0.25) is 9.59 Å². The Bertz CT molecular complexity index is 700. The molecule has 0 spiro atoms. The lowest BCUT2D eigenvalue weighted by molar-refractivity contribution is -0.130. The molecule has 2 aromatic rings. The van der Waals surface area contributed by atoms with E-state index in [1.165, 1.54) is 6.26 Å². The molecule has 0 radical (unpaired) electrons. The monoisotopic (exact) mass is 320 g/mol. The van der Waals surface area contributed by atoms with Crippen LogP contribution in [0.2, 0.25) is 5.02 Å². The minimum absolute atomic E-state index is 0.0748. The van der Waals surface area contributed by atoms with Crippen LogP contribution in [0.25, 0.3) is 0 Å². The van der Waals surface area contributed by atoms with Crippen LogP contribution in [0.4, 0.5) is 5.69 Å². The summed E-state index contributed by atoms with van der Waals surface area (Å²) in [7, 11) is 0. The van der Waals surface area contributed by atoms with Gasteiger partial charge in [0.2, 0.25) is 5.91 Å². The summed E-state index contributed by atoms with van der Waals surface area (Å²) < 4.78 is 10.7. The maximum atomic E-state index is 12.0. The standard InChI is InChI=1S/C15H13ClN2O4/c16-9-3-4-12-11(6-9)18-15(20)13(22-12)7-14(19)17-8-10-2-1-5-21-10/h1-6,13H,7-8H2,(H,17,19)(H,18,20).